The molecule has 0 spiro atoms. The summed E-state index contributed by atoms with van der Waals surface area (Å²) in [5.41, 5.74) is -2.68. The average molecular weight is 511 g/mol. The van der Waals surface area contributed by atoms with Crippen LogP contribution < -0.4 is 10.5 Å². The molecule has 1 aromatic carbocycles. The molecular weight excluding hydrogens is 496 g/mol. The fourth-order valence-electron chi connectivity index (χ4n) is 2.55. The summed E-state index contributed by atoms with van der Waals surface area (Å²) in [6, 6.07) is 1.45. The number of halogens is 5. The highest BCUT2D eigenvalue weighted by Gasteiger charge is 2.56. The topological polar surface area (TPSA) is 144 Å². The van der Waals surface area contributed by atoms with Crippen LogP contribution in [0.3, 0.4) is 0 Å². The number of fused-ring (bicyclic) bond motifs is 1. The molecule has 1 aromatic heterocycles. The van der Waals surface area contributed by atoms with Crippen molar-refractivity contribution in [1.29, 1.82) is 0 Å². The molecule has 1 heterocycles. The second-order valence-electron chi connectivity index (χ2n) is 6.44. The zero-order valence-corrected chi connectivity index (χ0v) is 18.0. The molecule has 0 bridgehead atoms. The van der Waals surface area contributed by atoms with Crippen molar-refractivity contribution in [3.63, 3.8) is 0 Å². The number of ether oxygens (including phenoxy) is 1. The molecule has 4 N–H and O–H groups in total. The van der Waals surface area contributed by atoms with E-state index >= 15 is 0 Å². The molecule has 8 nitrogen and oxygen atoms in total. The first-order valence-electron chi connectivity index (χ1n) is 8.08. The summed E-state index contributed by atoms with van der Waals surface area (Å²) >= 11 is -0.262. The molecule has 0 aliphatic carbocycles. The molecule has 0 saturated heterocycles. The van der Waals surface area contributed by atoms with E-state index in [1.165, 1.54) is 0 Å². The minimum Gasteiger partial charge on any atom is -0.492 e. The van der Waals surface area contributed by atoms with E-state index in [1.807, 2.05) is 0 Å². The second-order valence-corrected chi connectivity index (χ2v) is 11.4. The molecular formula is C15H15F5NO7PS2. The van der Waals surface area contributed by atoms with Crippen LogP contribution in [0, 0.1) is 0 Å². The lowest BCUT2D eigenvalue weighted by Gasteiger charge is -2.19. The summed E-state index contributed by atoms with van der Waals surface area (Å²) in [5.74, 6) is -2.06. The fourth-order valence-corrected chi connectivity index (χ4v) is 5.20. The van der Waals surface area contributed by atoms with Gasteiger partial charge in [-0.3, -0.25) is 9.36 Å². The highest BCUT2D eigenvalue weighted by atomic mass is 32.2. The molecule has 2 aromatic rings. The van der Waals surface area contributed by atoms with Gasteiger partial charge in [-0.2, -0.15) is 22.0 Å². The first kappa shape index (κ1) is 25.5. The van der Waals surface area contributed by atoms with Gasteiger partial charge in [-0.15, -0.1) is 11.3 Å². The lowest BCUT2D eigenvalue weighted by molar-refractivity contribution is -0.138. The van der Waals surface area contributed by atoms with Crippen molar-refractivity contribution in [1.82, 2.24) is 0 Å². The standard InChI is InChI=1S/C15H15F5NO7PS2/c1-31(26,27)4-2-3-28-9-6-7(13(21)22)5-8-10(14(16,17)18)12(30-11(8)9)15(19,20)29(23,24)25/h5-6H,2-4H2,1H3,(H2,21,22)(H2,23,24,25). The molecule has 0 atom stereocenters. The summed E-state index contributed by atoms with van der Waals surface area (Å²) in [6.07, 6.45) is -4.65. The Morgan fingerprint density at radius 3 is 2.26 bits per heavy atom. The molecule has 174 valence electrons. The molecule has 1 amide bonds. The second kappa shape index (κ2) is 8.28. The van der Waals surface area contributed by atoms with Gasteiger partial charge >= 0.3 is 19.4 Å². The van der Waals surface area contributed by atoms with Crippen LogP contribution in [-0.2, 0) is 26.2 Å². The van der Waals surface area contributed by atoms with Crippen molar-refractivity contribution >= 4 is 44.8 Å². The van der Waals surface area contributed by atoms with E-state index in [4.69, 9.17) is 20.3 Å². The van der Waals surface area contributed by atoms with E-state index in [1.54, 1.807) is 0 Å². The SMILES string of the molecule is CS(=O)(=O)CCCOc1cc(C(N)=O)cc2c(C(F)(F)F)c(C(F)(F)P(=O)(O)O)sc12. The predicted molar refractivity (Wildman–Crippen MR) is 101 cm³/mol. The number of rotatable bonds is 8. The maximum Gasteiger partial charge on any atom is 0.418 e. The normalized spacial score (nSPS) is 13.5. The lowest BCUT2D eigenvalue weighted by atomic mass is 10.1. The zero-order chi connectivity index (χ0) is 24.0. The number of primary amides is 1. The number of amides is 1. The van der Waals surface area contributed by atoms with Gasteiger partial charge in [-0.05, 0) is 18.6 Å². The van der Waals surface area contributed by atoms with Crippen molar-refractivity contribution < 1.29 is 54.3 Å². The number of hydrogen-bond acceptors (Lipinski definition) is 6. The highest BCUT2D eigenvalue weighted by Crippen LogP contribution is 2.64. The zero-order valence-electron chi connectivity index (χ0n) is 15.4. The molecule has 0 aliphatic rings. The first-order chi connectivity index (χ1) is 13.9. The Labute approximate surface area is 175 Å². The summed E-state index contributed by atoms with van der Waals surface area (Å²) in [7, 11) is -9.74. The number of carbonyl (C=O) groups excluding carboxylic acids is 1. The number of sulfone groups is 1. The minimum atomic E-state index is -6.36. The van der Waals surface area contributed by atoms with Gasteiger partial charge in [0.1, 0.15) is 15.6 Å². The Morgan fingerprint density at radius 1 is 1.23 bits per heavy atom. The molecule has 0 saturated carbocycles. The van der Waals surface area contributed by atoms with E-state index in [2.05, 4.69) is 0 Å². The van der Waals surface area contributed by atoms with E-state index < -0.39 is 67.0 Å². The molecule has 0 fully saturated rings. The third-order valence-corrected chi connectivity index (χ3v) is 7.31. The van der Waals surface area contributed by atoms with Crippen molar-refractivity contribution in [2.75, 3.05) is 18.6 Å². The number of nitrogens with two attached hydrogens (primary N) is 1. The monoisotopic (exact) mass is 511 g/mol. The Bertz CT molecular complexity index is 1170. The molecule has 0 radical (unpaired) electrons. The fraction of sp³-hybridized carbons (Fsp3) is 0.400. The predicted octanol–water partition coefficient (Wildman–Crippen LogP) is 3.06. The lowest BCUT2D eigenvalue weighted by Crippen LogP contribution is -2.18. The maximum atomic E-state index is 14.3. The van der Waals surface area contributed by atoms with Crippen LogP contribution in [0.4, 0.5) is 22.0 Å². The van der Waals surface area contributed by atoms with Gasteiger partial charge in [-0.25, -0.2) is 8.42 Å². The van der Waals surface area contributed by atoms with Crippen molar-refractivity contribution in [2.45, 2.75) is 18.3 Å². The van der Waals surface area contributed by atoms with Gasteiger partial charge in [-0.1, -0.05) is 0 Å². The van der Waals surface area contributed by atoms with Gasteiger partial charge < -0.3 is 20.3 Å². The van der Waals surface area contributed by atoms with E-state index in [9.17, 15) is 39.7 Å². The van der Waals surface area contributed by atoms with Crippen LogP contribution in [0.1, 0.15) is 27.2 Å². The summed E-state index contributed by atoms with van der Waals surface area (Å²) < 4.78 is 108. The third kappa shape index (κ3) is 5.52. The van der Waals surface area contributed by atoms with Gasteiger partial charge in [0.05, 0.1) is 27.5 Å². The Morgan fingerprint density at radius 2 is 1.81 bits per heavy atom. The van der Waals surface area contributed by atoms with Gasteiger partial charge in [0.15, 0.2) is 0 Å². The third-order valence-electron chi connectivity index (χ3n) is 3.88. The minimum absolute atomic E-state index is 0.107. The molecule has 2 rings (SSSR count). The van der Waals surface area contributed by atoms with Crippen LogP contribution >= 0.6 is 18.9 Å². The van der Waals surface area contributed by atoms with Crippen LogP contribution in [0.25, 0.3) is 10.1 Å². The number of hydrogen-bond donors (Lipinski definition) is 3. The highest BCUT2D eigenvalue weighted by molar-refractivity contribution is 7.90. The van der Waals surface area contributed by atoms with Crippen molar-refractivity contribution in [3.8, 4) is 5.75 Å². The maximum absolute atomic E-state index is 14.3. The summed E-state index contributed by atoms with van der Waals surface area (Å²) in [4.78, 5) is 27.4. The van der Waals surface area contributed by atoms with Crippen molar-refractivity contribution in [3.05, 3.63) is 28.1 Å². The molecule has 0 aliphatic heterocycles. The number of thiophene rings is 1. The summed E-state index contributed by atoms with van der Waals surface area (Å²) in [6.45, 7) is -0.367. The van der Waals surface area contributed by atoms with Gasteiger partial charge in [0.25, 0.3) is 0 Å². The number of alkyl halides is 5. The summed E-state index contributed by atoms with van der Waals surface area (Å²) in [5, 5.41) is -0.963. The van der Waals surface area contributed by atoms with Gasteiger partial charge in [0.2, 0.25) is 5.91 Å². The first-order valence-corrected chi connectivity index (χ1v) is 12.6. The van der Waals surface area contributed by atoms with Gasteiger partial charge in [0, 0.05) is 17.2 Å². The molecule has 31 heavy (non-hydrogen) atoms. The number of carbonyl (C=O) groups is 1. The van der Waals surface area contributed by atoms with E-state index in [-0.39, 0.29) is 30.1 Å². The molecule has 0 unspecified atom stereocenters. The Hall–Kier alpha value is -1.80. The van der Waals surface area contributed by atoms with Crippen molar-refractivity contribution in [2.24, 2.45) is 5.73 Å². The van der Waals surface area contributed by atoms with Crippen LogP contribution in [0.15, 0.2) is 12.1 Å². The smallest absolute Gasteiger partial charge is 0.418 e. The van der Waals surface area contributed by atoms with Crippen LogP contribution in [-0.4, -0.2) is 42.7 Å². The quantitative estimate of drug-likeness (QED) is 0.281. The Kier molecular flexibility index (Phi) is 6.80. The Balaban J connectivity index is 2.75. The van der Waals surface area contributed by atoms with E-state index in [0.717, 1.165) is 12.3 Å². The molecule has 16 heteroatoms. The van der Waals surface area contributed by atoms with E-state index in [0.29, 0.717) is 6.07 Å². The number of benzene rings is 1. The van der Waals surface area contributed by atoms with Crippen LogP contribution in [0.5, 0.6) is 5.75 Å². The average Bonchev–Trinajstić information content (AvgIpc) is 2.97. The largest absolute Gasteiger partial charge is 0.492 e. The van der Waals surface area contributed by atoms with Crippen LogP contribution in [0.2, 0.25) is 0 Å².